The van der Waals surface area contributed by atoms with Crippen molar-refractivity contribution in [2.45, 2.75) is 6.04 Å². The second-order valence-electron chi connectivity index (χ2n) is 6.79. The smallest absolute Gasteiger partial charge is 0.322 e. The maximum Gasteiger partial charge on any atom is 0.322 e. The van der Waals surface area contributed by atoms with Crippen molar-refractivity contribution in [1.82, 2.24) is 9.80 Å². The average Bonchev–Trinajstić information content (AvgIpc) is 2.69. The van der Waals surface area contributed by atoms with Gasteiger partial charge in [-0.25, -0.2) is 4.79 Å². The van der Waals surface area contributed by atoms with E-state index in [-0.39, 0.29) is 12.1 Å². The minimum absolute atomic E-state index is 0.0130. The molecule has 2 aliphatic heterocycles. The molecule has 7 heteroatoms. The van der Waals surface area contributed by atoms with Crippen LogP contribution in [0.4, 0.5) is 10.5 Å². The third-order valence-corrected chi connectivity index (χ3v) is 5.21. The van der Waals surface area contributed by atoms with Gasteiger partial charge in [-0.1, -0.05) is 41.9 Å². The van der Waals surface area contributed by atoms with Gasteiger partial charge in [-0.05, 0) is 12.6 Å². The van der Waals surface area contributed by atoms with Crippen LogP contribution in [0.2, 0.25) is 5.02 Å². The van der Waals surface area contributed by atoms with Gasteiger partial charge < -0.3 is 24.6 Å². The molecule has 1 saturated heterocycles. The molecule has 0 spiro atoms. The minimum Gasteiger partial charge on any atom is -0.486 e. The van der Waals surface area contributed by atoms with Crippen LogP contribution >= 0.6 is 11.6 Å². The number of benzene rings is 2. The molecule has 2 amide bonds. The molecule has 0 aromatic heterocycles. The topological polar surface area (TPSA) is 54.0 Å². The monoisotopic (exact) mass is 387 g/mol. The van der Waals surface area contributed by atoms with Gasteiger partial charge in [-0.3, -0.25) is 0 Å². The van der Waals surface area contributed by atoms with E-state index in [0.717, 1.165) is 18.7 Å². The number of nitrogens with one attached hydrogen (secondary N) is 1. The molecule has 2 aliphatic rings. The van der Waals surface area contributed by atoms with Crippen molar-refractivity contribution >= 4 is 23.3 Å². The summed E-state index contributed by atoms with van der Waals surface area (Å²) in [5.74, 6) is 1.20. The highest BCUT2D eigenvalue weighted by atomic mass is 35.5. The van der Waals surface area contributed by atoms with Crippen LogP contribution in [-0.4, -0.2) is 55.7 Å². The second kappa shape index (κ2) is 7.66. The molecule has 1 atom stereocenters. The van der Waals surface area contributed by atoms with Crippen molar-refractivity contribution in [2.75, 3.05) is 45.2 Å². The second-order valence-corrected chi connectivity index (χ2v) is 7.20. The van der Waals surface area contributed by atoms with Crippen molar-refractivity contribution in [2.24, 2.45) is 0 Å². The Hall–Kier alpha value is -2.44. The zero-order chi connectivity index (χ0) is 18.8. The highest BCUT2D eigenvalue weighted by Gasteiger charge is 2.30. The first-order chi connectivity index (χ1) is 13.1. The lowest BCUT2D eigenvalue weighted by Gasteiger charge is -2.40. The molecule has 1 unspecified atom stereocenters. The molecule has 1 N–H and O–H groups in total. The predicted molar refractivity (Wildman–Crippen MR) is 105 cm³/mol. The quantitative estimate of drug-likeness (QED) is 0.854. The Bertz CT molecular complexity index is 831. The van der Waals surface area contributed by atoms with Gasteiger partial charge in [0.05, 0.1) is 16.8 Å². The number of hydrogen-bond acceptors (Lipinski definition) is 4. The summed E-state index contributed by atoms with van der Waals surface area (Å²) in [6.07, 6.45) is 0. The summed E-state index contributed by atoms with van der Waals surface area (Å²) in [6.45, 7) is 3.23. The summed E-state index contributed by atoms with van der Waals surface area (Å²) in [5.41, 5.74) is 1.64. The van der Waals surface area contributed by atoms with Gasteiger partial charge in [0.1, 0.15) is 13.2 Å². The van der Waals surface area contributed by atoms with Gasteiger partial charge in [-0.2, -0.15) is 0 Å². The zero-order valence-corrected chi connectivity index (χ0v) is 15.9. The lowest BCUT2D eigenvalue weighted by molar-refractivity contribution is 0.116. The molecule has 1 fully saturated rings. The maximum atomic E-state index is 13.0. The van der Waals surface area contributed by atoms with E-state index in [1.165, 1.54) is 0 Å². The van der Waals surface area contributed by atoms with Crippen molar-refractivity contribution in [3.05, 3.63) is 53.1 Å². The molecular formula is C20H22ClN3O3. The molecule has 2 aromatic rings. The molecule has 2 heterocycles. The summed E-state index contributed by atoms with van der Waals surface area (Å²) >= 11 is 6.34. The van der Waals surface area contributed by atoms with Crippen molar-refractivity contribution in [3.8, 4) is 11.5 Å². The summed E-state index contributed by atoms with van der Waals surface area (Å²) in [7, 11) is 2.07. The van der Waals surface area contributed by atoms with E-state index in [4.69, 9.17) is 21.1 Å². The van der Waals surface area contributed by atoms with Crippen LogP contribution in [0.1, 0.15) is 11.6 Å². The van der Waals surface area contributed by atoms with E-state index < -0.39 is 0 Å². The first kappa shape index (κ1) is 17.9. The fraction of sp³-hybridized carbons (Fsp3) is 0.350. The summed E-state index contributed by atoms with van der Waals surface area (Å²) in [4.78, 5) is 17.1. The Morgan fingerprint density at radius 3 is 2.56 bits per heavy atom. The van der Waals surface area contributed by atoms with Crippen molar-refractivity contribution in [3.63, 3.8) is 0 Å². The molecule has 142 valence electrons. The maximum absolute atomic E-state index is 13.0. The third kappa shape index (κ3) is 3.82. The van der Waals surface area contributed by atoms with Crippen molar-refractivity contribution < 1.29 is 14.3 Å². The van der Waals surface area contributed by atoms with Gasteiger partial charge in [0.25, 0.3) is 0 Å². The molecule has 0 radical (unpaired) electrons. The zero-order valence-electron chi connectivity index (χ0n) is 15.2. The summed E-state index contributed by atoms with van der Waals surface area (Å²) in [6, 6.07) is 13.3. The molecule has 0 saturated carbocycles. The Morgan fingerprint density at radius 1 is 1.11 bits per heavy atom. The molecule has 0 bridgehead atoms. The number of piperazine rings is 1. The molecule has 2 aromatic carbocycles. The number of carbonyl (C=O) groups is 1. The minimum atomic E-state index is -0.171. The van der Waals surface area contributed by atoms with Crippen LogP contribution in [0, 0.1) is 0 Å². The number of anilines is 1. The van der Waals surface area contributed by atoms with Crippen LogP contribution in [0.3, 0.4) is 0 Å². The van der Waals surface area contributed by atoms with E-state index in [0.29, 0.717) is 42.0 Å². The number of rotatable bonds is 2. The van der Waals surface area contributed by atoms with E-state index in [1.54, 1.807) is 12.1 Å². The highest BCUT2D eigenvalue weighted by Crippen LogP contribution is 2.38. The van der Waals surface area contributed by atoms with Crippen molar-refractivity contribution in [1.29, 1.82) is 0 Å². The van der Waals surface area contributed by atoms with Crippen LogP contribution < -0.4 is 14.8 Å². The van der Waals surface area contributed by atoms with Crippen LogP contribution in [-0.2, 0) is 0 Å². The van der Waals surface area contributed by atoms with Crippen LogP contribution in [0.15, 0.2) is 42.5 Å². The number of halogens is 1. The lowest BCUT2D eigenvalue weighted by Crippen LogP contribution is -2.50. The predicted octanol–water partition coefficient (Wildman–Crippen LogP) is 3.63. The van der Waals surface area contributed by atoms with Crippen LogP contribution in [0.5, 0.6) is 11.5 Å². The van der Waals surface area contributed by atoms with Gasteiger partial charge in [-0.15, -0.1) is 0 Å². The lowest BCUT2D eigenvalue weighted by atomic mass is 10.0. The largest absolute Gasteiger partial charge is 0.486 e. The number of fused-ring (bicyclic) bond motifs is 1. The van der Waals surface area contributed by atoms with Gasteiger partial charge in [0.2, 0.25) is 0 Å². The SMILES string of the molecule is CN1CCN(C(=O)Nc2cc3c(cc2Cl)OCCO3)C(c2ccccc2)C1. The average molecular weight is 388 g/mol. The van der Waals surface area contributed by atoms with E-state index in [9.17, 15) is 4.79 Å². The van der Waals surface area contributed by atoms with Crippen LogP contribution in [0.25, 0.3) is 0 Å². The molecule has 4 rings (SSSR count). The Morgan fingerprint density at radius 2 is 1.81 bits per heavy atom. The third-order valence-electron chi connectivity index (χ3n) is 4.90. The Kier molecular flexibility index (Phi) is 5.09. The Labute approximate surface area is 163 Å². The highest BCUT2D eigenvalue weighted by molar-refractivity contribution is 6.34. The van der Waals surface area contributed by atoms with Gasteiger partial charge >= 0.3 is 6.03 Å². The molecular weight excluding hydrogens is 366 g/mol. The fourth-order valence-corrected chi connectivity index (χ4v) is 3.67. The van der Waals surface area contributed by atoms with Gasteiger partial charge in [0.15, 0.2) is 11.5 Å². The fourth-order valence-electron chi connectivity index (χ4n) is 3.47. The number of urea groups is 1. The number of ether oxygens (including phenoxy) is 2. The van der Waals surface area contributed by atoms with E-state index in [2.05, 4.69) is 29.4 Å². The molecule has 0 aliphatic carbocycles. The van der Waals surface area contributed by atoms with E-state index >= 15 is 0 Å². The molecule has 27 heavy (non-hydrogen) atoms. The number of nitrogens with zero attached hydrogens (tertiary/aromatic N) is 2. The standard InChI is InChI=1S/C20H22ClN3O3/c1-23-7-8-24(17(13-23)14-5-3-2-4-6-14)20(25)22-16-12-19-18(11-15(16)21)26-9-10-27-19/h2-6,11-12,17H,7-10,13H2,1H3,(H,22,25). The Balaban J connectivity index is 1.56. The summed E-state index contributed by atoms with van der Waals surface area (Å²) < 4.78 is 11.1. The summed E-state index contributed by atoms with van der Waals surface area (Å²) in [5, 5.41) is 3.37. The first-order valence-electron chi connectivity index (χ1n) is 9.02. The first-order valence-corrected chi connectivity index (χ1v) is 9.40. The number of carbonyl (C=O) groups excluding carboxylic acids is 1. The normalized spacial score (nSPS) is 19.6. The van der Waals surface area contributed by atoms with E-state index in [1.807, 2.05) is 23.1 Å². The number of hydrogen-bond donors (Lipinski definition) is 1. The number of amides is 2. The van der Waals surface area contributed by atoms with Gasteiger partial charge in [0, 0.05) is 31.8 Å². The molecule has 6 nitrogen and oxygen atoms in total. The number of likely N-dealkylation sites (N-methyl/N-ethyl adjacent to an activating group) is 1.